The lowest BCUT2D eigenvalue weighted by Crippen LogP contribution is -1.89. The van der Waals surface area contributed by atoms with Gasteiger partial charge >= 0.3 is 0 Å². The van der Waals surface area contributed by atoms with E-state index in [1.165, 1.54) is 6.08 Å². The average Bonchev–Trinajstić information content (AvgIpc) is 1.59. The van der Waals surface area contributed by atoms with Crippen molar-refractivity contribution in [2.45, 2.75) is 13.3 Å². The molecule has 3 nitrogen and oxygen atoms in total. The highest BCUT2D eigenvalue weighted by atomic mass is 32.2. The van der Waals surface area contributed by atoms with Gasteiger partial charge in [-0.25, -0.2) is 0 Å². The van der Waals surface area contributed by atoms with Crippen LogP contribution in [0.15, 0.2) is 6.08 Å². The standard InChI is InChI=1S/C4H7O3S/c1-2-3-4-8(5,6)7/h3H,2H2,1H3,(H,5,6,7). The van der Waals surface area contributed by atoms with E-state index >= 15 is 0 Å². The average molecular weight is 135 g/mol. The summed E-state index contributed by atoms with van der Waals surface area (Å²) in [4.78, 5) is 0. The minimum atomic E-state index is -3.99. The van der Waals surface area contributed by atoms with Crippen molar-refractivity contribution >= 4 is 10.1 Å². The van der Waals surface area contributed by atoms with E-state index < -0.39 is 10.1 Å². The van der Waals surface area contributed by atoms with Crippen molar-refractivity contribution in [3.05, 3.63) is 11.5 Å². The molecule has 0 aliphatic carbocycles. The molecule has 0 aromatic rings. The van der Waals surface area contributed by atoms with Gasteiger partial charge in [0.1, 0.15) is 5.41 Å². The van der Waals surface area contributed by atoms with E-state index in [-0.39, 0.29) is 0 Å². The fraction of sp³-hybridized carbons (Fsp3) is 0.500. The van der Waals surface area contributed by atoms with Gasteiger partial charge in [0.25, 0.3) is 10.1 Å². The third kappa shape index (κ3) is 5.65. The number of hydrogen-bond donors (Lipinski definition) is 1. The Labute approximate surface area is 48.8 Å². The van der Waals surface area contributed by atoms with Crippen molar-refractivity contribution in [3.8, 4) is 0 Å². The largest absolute Gasteiger partial charge is 0.295 e. The van der Waals surface area contributed by atoms with Crippen LogP contribution >= 0.6 is 0 Å². The SMILES string of the molecule is CC/C=[C]\S(=O)(=O)O. The van der Waals surface area contributed by atoms with Crippen LogP contribution in [0, 0.1) is 5.41 Å². The predicted octanol–water partition coefficient (Wildman–Crippen LogP) is 0.601. The lowest BCUT2D eigenvalue weighted by molar-refractivity contribution is 0.492. The molecule has 0 saturated carbocycles. The summed E-state index contributed by atoms with van der Waals surface area (Å²) in [5.41, 5.74) is 0. The van der Waals surface area contributed by atoms with Gasteiger partial charge < -0.3 is 0 Å². The van der Waals surface area contributed by atoms with Crippen molar-refractivity contribution in [2.75, 3.05) is 0 Å². The highest BCUT2D eigenvalue weighted by Gasteiger charge is 1.93. The summed E-state index contributed by atoms with van der Waals surface area (Å²) < 4.78 is 27.6. The topological polar surface area (TPSA) is 54.4 Å². The molecule has 0 atom stereocenters. The van der Waals surface area contributed by atoms with E-state index in [1.807, 2.05) is 0 Å². The summed E-state index contributed by atoms with van der Waals surface area (Å²) in [5.74, 6) is 0. The molecule has 0 aromatic carbocycles. The molecule has 8 heavy (non-hydrogen) atoms. The number of rotatable bonds is 2. The fourth-order valence-corrected chi connectivity index (χ4v) is 0.566. The smallest absolute Gasteiger partial charge is 0.282 e. The molecule has 0 amide bonds. The van der Waals surface area contributed by atoms with Crippen LogP contribution in [-0.4, -0.2) is 13.0 Å². The first-order chi connectivity index (χ1) is 3.56. The maximum atomic E-state index is 9.80. The van der Waals surface area contributed by atoms with Crippen molar-refractivity contribution in [1.29, 1.82) is 0 Å². The molecule has 0 aliphatic heterocycles. The van der Waals surface area contributed by atoms with Crippen molar-refractivity contribution in [2.24, 2.45) is 0 Å². The van der Waals surface area contributed by atoms with Gasteiger partial charge in [-0.1, -0.05) is 13.0 Å². The molecule has 4 heteroatoms. The van der Waals surface area contributed by atoms with Crippen molar-refractivity contribution < 1.29 is 13.0 Å². The Bertz CT molecular complexity index is 166. The Morgan fingerprint density at radius 1 is 1.75 bits per heavy atom. The predicted molar refractivity (Wildman–Crippen MR) is 29.7 cm³/mol. The molecule has 1 radical (unpaired) electrons. The van der Waals surface area contributed by atoms with Crippen LogP contribution in [0.25, 0.3) is 0 Å². The summed E-state index contributed by atoms with van der Waals surface area (Å²) in [7, 11) is -3.99. The first-order valence-electron chi connectivity index (χ1n) is 2.12. The Kier molecular flexibility index (Phi) is 2.71. The van der Waals surface area contributed by atoms with Gasteiger partial charge in [0, 0.05) is 0 Å². The maximum absolute atomic E-state index is 9.80. The molecular formula is C4H7O3S. The summed E-state index contributed by atoms with van der Waals surface area (Å²) in [6, 6.07) is 0. The highest BCUT2D eigenvalue weighted by Crippen LogP contribution is 1.84. The van der Waals surface area contributed by atoms with Crippen molar-refractivity contribution in [3.63, 3.8) is 0 Å². The Morgan fingerprint density at radius 2 is 2.25 bits per heavy atom. The molecular weight excluding hydrogens is 128 g/mol. The van der Waals surface area contributed by atoms with Gasteiger partial charge in [-0.2, -0.15) is 8.42 Å². The van der Waals surface area contributed by atoms with Crippen LogP contribution in [0.5, 0.6) is 0 Å². The fourth-order valence-electron chi connectivity index (χ4n) is 0.189. The second-order valence-corrected chi connectivity index (χ2v) is 2.39. The normalized spacial score (nSPS) is 12.8. The third-order valence-electron chi connectivity index (χ3n) is 0.436. The summed E-state index contributed by atoms with van der Waals surface area (Å²) in [6.07, 6.45) is 1.80. The van der Waals surface area contributed by atoms with Crippen LogP contribution in [-0.2, 0) is 10.1 Å². The van der Waals surface area contributed by atoms with Crippen molar-refractivity contribution in [1.82, 2.24) is 0 Å². The molecule has 0 fully saturated rings. The zero-order valence-electron chi connectivity index (χ0n) is 4.46. The molecule has 0 unspecified atom stereocenters. The monoisotopic (exact) mass is 135 g/mol. The van der Waals surface area contributed by atoms with E-state index in [0.29, 0.717) is 6.42 Å². The van der Waals surface area contributed by atoms with Gasteiger partial charge in [0.2, 0.25) is 0 Å². The lowest BCUT2D eigenvalue weighted by Gasteiger charge is -1.77. The zero-order chi connectivity index (χ0) is 6.62. The molecule has 47 valence electrons. The van der Waals surface area contributed by atoms with Crippen LogP contribution in [0.2, 0.25) is 0 Å². The Morgan fingerprint density at radius 3 is 2.38 bits per heavy atom. The first kappa shape index (κ1) is 7.65. The number of hydrogen-bond acceptors (Lipinski definition) is 2. The van der Waals surface area contributed by atoms with Crippen LogP contribution in [0.1, 0.15) is 13.3 Å². The van der Waals surface area contributed by atoms with Gasteiger partial charge in [-0.05, 0) is 6.42 Å². The second kappa shape index (κ2) is 2.84. The summed E-state index contributed by atoms with van der Waals surface area (Å²) >= 11 is 0. The van der Waals surface area contributed by atoms with Gasteiger partial charge in [-0.3, -0.25) is 4.55 Å². The molecule has 0 aromatic heterocycles. The molecule has 0 spiro atoms. The lowest BCUT2D eigenvalue weighted by atomic mass is 10.5. The maximum Gasteiger partial charge on any atom is 0.295 e. The summed E-state index contributed by atoms with van der Waals surface area (Å²) in [6.45, 7) is 1.75. The van der Waals surface area contributed by atoms with Gasteiger partial charge in [0.05, 0.1) is 0 Å². The van der Waals surface area contributed by atoms with Gasteiger partial charge in [-0.15, -0.1) is 0 Å². The highest BCUT2D eigenvalue weighted by molar-refractivity contribution is 7.87. The Hall–Kier alpha value is -0.350. The molecule has 0 rings (SSSR count). The van der Waals surface area contributed by atoms with E-state index in [1.54, 1.807) is 12.3 Å². The molecule has 1 N–H and O–H groups in total. The first-order valence-corrected chi connectivity index (χ1v) is 3.56. The van der Waals surface area contributed by atoms with Crippen LogP contribution in [0.4, 0.5) is 0 Å². The van der Waals surface area contributed by atoms with Crippen LogP contribution in [0.3, 0.4) is 0 Å². The zero-order valence-corrected chi connectivity index (χ0v) is 5.27. The molecule has 0 heterocycles. The summed E-state index contributed by atoms with van der Waals surface area (Å²) in [5, 5.41) is 1.77. The number of allylic oxidation sites excluding steroid dienone is 1. The van der Waals surface area contributed by atoms with Crippen LogP contribution < -0.4 is 0 Å². The van der Waals surface area contributed by atoms with E-state index in [9.17, 15) is 8.42 Å². The molecule has 0 bridgehead atoms. The quantitative estimate of drug-likeness (QED) is 0.564. The third-order valence-corrected chi connectivity index (χ3v) is 0.901. The van der Waals surface area contributed by atoms with Gasteiger partial charge in [0.15, 0.2) is 0 Å². The molecule has 0 aliphatic rings. The van der Waals surface area contributed by atoms with E-state index in [4.69, 9.17) is 4.55 Å². The minimum Gasteiger partial charge on any atom is -0.282 e. The minimum absolute atomic E-state index is 0.555. The van der Waals surface area contributed by atoms with E-state index in [0.717, 1.165) is 0 Å². The molecule has 0 saturated heterocycles. The van der Waals surface area contributed by atoms with E-state index in [2.05, 4.69) is 0 Å². The Balaban J connectivity index is 3.92. The second-order valence-electron chi connectivity index (χ2n) is 1.21.